The first kappa shape index (κ1) is 34.6. The van der Waals surface area contributed by atoms with E-state index in [-0.39, 0.29) is 0 Å². The second-order valence-corrected chi connectivity index (χ2v) is 11.2. The third kappa shape index (κ3) is 31.5. The van der Waals surface area contributed by atoms with Gasteiger partial charge < -0.3 is 5.32 Å². The van der Waals surface area contributed by atoms with Gasteiger partial charge in [0, 0.05) is 17.7 Å². The Hall–Kier alpha value is -0.440. The lowest BCUT2D eigenvalue weighted by molar-refractivity contribution is -0.549. The monoisotopic (exact) mass is 496 g/mol. The molecule has 0 spiro atoms. The van der Waals surface area contributed by atoms with Crippen LogP contribution in [0.15, 0.2) is 0 Å². The molecular weight excluding hydrogens is 428 g/mol. The minimum atomic E-state index is 0.721. The van der Waals surface area contributed by atoms with E-state index in [1.165, 1.54) is 152 Å². The summed E-state index contributed by atoms with van der Waals surface area (Å²) < 4.78 is 1.31. The van der Waals surface area contributed by atoms with Crippen LogP contribution in [0.4, 0.5) is 0 Å². The molecule has 35 heavy (non-hydrogen) atoms. The predicted molar refractivity (Wildman–Crippen MR) is 158 cm³/mol. The summed E-state index contributed by atoms with van der Waals surface area (Å²) in [4.78, 5) is 12.0. The lowest BCUT2D eigenvalue weighted by Gasteiger charge is -2.05. The van der Waals surface area contributed by atoms with Gasteiger partial charge in [0.25, 0.3) is 0 Å². The first-order valence-electron chi connectivity index (χ1n) is 16.4. The summed E-state index contributed by atoms with van der Waals surface area (Å²) in [6.07, 6.45) is 35.4. The van der Waals surface area contributed by atoms with E-state index >= 15 is 0 Å². The van der Waals surface area contributed by atoms with Crippen molar-refractivity contribution in [1.82, 2.24) is 5.32 Å². The Bertz CT molecular complexity index is 399. The molecule has 0 rings (SSSR count). The Labute approximate surface area is 222 Å². The maximum absolute atomic E-state index is 12.0. The van der Waals surface area contributed by atoms with E-state index in [1.807, 2.05) is 0 Å². The van der Waals surface area contributed by atoms with Crippen LogP contribution in [0.2, 0.25) is 0 Å². The van der Waals surface area contributed by atoms with Gasteiger partial charge in [-0.25, -0.2) is 0 Å². The standard InChI is InChI=1S/C32H67N2O/c1-3-5-7-9-11-13-15-17-19-21-23-25-29-33-30-26-28-32-34(35)31-27-24-22-20-18-16-14-12-10-8-6-4-2/h33H,3-32H2,1-2H3/q+1. The Morgan fingerprint density at radius 1 is 0.371 bits per heavy atom. The van der Waals surface area contributed by atoms with Gasteiger partial charge in [0.05, 0.1) is 0 Å². The van der Waals surface area contributed by atoms with Crippen molar-refractivity contribution in [3.8, 4) is 0 Å². The van der Waals surface area contributed by atoms with Crippen molar-refractivity contribution in [2.75, 3.05) is 26.2 Å². The number of unbranched alkanes of at least 4 members (excludes halogenated alkanes) is 23. The van der Waals surface area contributed by atoms with Crippen LogP contribution in [0.5, 0.6) is 0 Å². The summed E-state index contributed by atoms with van der Waals surface area (Å²) >= 11 is 0. The average molecular weight is 496 g/mol. The van der Waals surface area contributed by atoms with Crippen LogP contribution in [-0.2, 0) is 0 Å². The summed E-state index contributed by atoms with van der Waals surface area (Å²) in [5, 5.41) is 3.57. The normalized spacial score (nSPS) is 11.4. The number of nitroso groups, excluding NO2 is 1. The van der Waals surface area contributed by atoms with E-state index in [0.717, 1.165) is 45.4 Å². The van der Waals surface area contributed by atoms with Gasteiger partial charge in [-0.15, -0.1) is 0 Å². The first-order chi connectivity index (χ1) is 17.3. The van der Waals surface area contributed by atoms with Gasteiger partial charge in [-0.2, -0.15) is 0 Å². The summed E-state index contributed by atoms with van der Waals surface area (Å²) in [6.45, 7) is 8.26. The van der Waals surface area contributed by atoms with Crippen LogP contribution >= 0.6 is 0 Å². The highest BCUT2D eigenvalue weighted by atomic mass is 16.3. The van der Waals surface area contributed by atoms with Gasteiger partial charge in [0.15, 0.2) is 13.1 Å². The maximum atomic E-state index is 12.0. The molecule has 0 heterocycles. The maximum Gasteiger partial charge on any atom is 0.192 e. The number of rotatable bonds is 31. The molecule has 0 atom stereocenters. The zero-order valence-electron chi connectivity index (χ0n) is 24.6. The number of hydrogen-bond donors (Lipinski definition) is 1. The number of nitrogens with zero attached hydrogens (tertiary/aromatic N) is 1. The average Bonchev–Trinajstić information content (AvgIpc) is 2.86. The van der Waals surface area contributed by atoms with Crippen molar-refractivity contribution in [3.63, 3.8) is 0 Å². The number of nitrogens with one attached hydrogen (secondary N) is 1. The van der Waals surface area contributed by atoms with E-state index in [4.69, 9.17) is 0 Å². The lowest BCUT2D eigenvalue weighted by Crippen LogP contribution is -2.18. The molecule has 0 saturated heterocycles. The van der Waals surface area contributed by atoms with Crippen LogP contribution in [0.1, 0.15) is 181 Å². The quantitative estimate of drug-likeness (QED) is 0.0766. The third-order valence-corrected chi connectivity index (χ3v) is 7.48. The smallest absolute Gasteiger partial charge is 0.192 e. The zero-order chi connectivity index (χ0) is 25.5. The second kappa shape index (κ2) is 31.6. The van der Waals surface area contributed by atoms with E-state index in [2.05, 4.69) is 19.2 Å². The molecule has 0 saturated carbocycles. The molecule has 0 fully saturated rings. The van der Waals surface area contributed by atoms with Crippen molar-refractivity contribution in [3.05, 3.63) is 4.91 Å². The summed E-state index contributed by atoms with van der Waals surface area (Å²) in [5.41, 5.74) is 0. The molecule has 0 bridgehead atoms. The van der Waals surface area contributed by atoms with Crippen molar-refractivity contribution >= 4 is 0 Å². The predicted octanol–water partition coefficient (Wildman–Crippen LogP) is 10.5. The Morgan fingerprint density at radius 2 is 0.629 bits per heavy atom. The molecule has 3 heteroatoms. The Morgan fingerprint density at radius 3 is 1.00 bits per heavy atom. The van der Waals surface area contributed by atoms with Gasteiger partial charge >= 0.3 is 0 Å². The van der Waals surface area contributed by atoms with Crippen LogP contribution in [0.3, 0.4) is 0 Å². The fourth-order valence-electron chi connectivity index (χ4n) is 5.00. The Kier molecular flexibility index (Phi) is 31.2. The molecule has 0 aromatic rings. The molecule has 0 unspecified atom stereocenters. The van der Waals surface area contributed by atoms with E-state index in [0.29, 0.717) is 0 Å². The van der Waals surface area contributed by atoms with Gasteiger partial charge in [0.1, 0.15) is 0 Å². The van der Waals surface area contributed by atoms with Crippen LogP contribution in [0.25, 0.3) is 0 Å². The van der Waals surface area contributed by atoms with Crippen molar-refractivity contribution in [1.29, 1.82) is 0 Å². The fraction of sp³-hybridized carbons (Fsp3) is 1.00. The molecule has 3 nitrogen and oxygen atoms in total. The molecule has 0 aliphatic heterocycles. The first-order valence-corrected chi connectivity index (χ1v) is 16.4. The highest BCUT2D eigenvalue weighted by molar-refractivity contribution is 4.52. The molecule has 0 aliphatic carbocycles. The SMILES string of the molecule is CCCCCCCCCCCCCCNCCCC[N+](=O)CCCCCCCCCCCCCC. The Balaban J connectivity index is 3.13. The molecule has 0 amide bonds. The van der Waals surface area contributed by atoms with Crippen LogP contribution < -0.4 is 5.32 Å². The minimum Gasteiger partial charge on any atom is -0.317 e. The zero-order valence-corrected chi connectivity index (χ0v) is 24.6. The van der Waals surface area contributed by atoms with Gasteiger partial charge in [-0.1, -0.05) is 149 Å². The van der Waals surface area contributed by atoms with Crippen LogP contribution in [0, 0.1) is 4.91 Å². The van der Waals surface area contributed by atoms with Gasteiger partial charge in [-0.3, -0.25) is 0 Å². The largest absolute Gasteiger partial charge is 0.317 e. The second-order valence-electron chi connectivity index (χ2n) is 11.2. The summed E-state index contributed by atoms with van der Waals surface area (Å²) in [5.74, 6) is 0. The minimum absolute atomic E-state index is 0.721. The molecule has 210 valence electrons. The lowest BCUT2D eigenvalue weighted by atomic mass is 10.1. The van der Waals surface area contributed by atoms with Gasteiger partial charge in [-0.05, 0) is 37.1 Å². The highest BCUT2D eigenvalue weighted by Gasteiger charge is 2.07. The third-order valence-electron chi connectivity index (χ3n) is 7.48. The molecule has 0 aromatic heterocycles. The van der Waals surface area contributed by atoms with E-state index in [9.17, 15) is 4.91 Å². The van der Waals surface area contributed by atoms with E-state index < -0.39 is 0 Å². The van der Waals surface area contributed by atoms with E-state index in [1.54, 1.807) is 0 Å². The van der Waals surface area contributed by atoms with Crippen molar-refractivity contribution < 1.29 is 4.76 Å². The molecular formula is C32H67N2O+. The van der Waals surface area contributed by atoms with Crippen molar-refractivity contribution in [2.45, 2.75) is 181 Å². The molecule has 0 radical (unpaired) electrons. The topological polar surface area (TPSA) is 32.1 Å². The number of hydrogen-bond acceptors (Lipinski definition) is 2. The highest BCUT2D eigenvalue weighted by Crippen LogP contribution is 2.13. The summed E-state index contributed by atoms with van der Waals surface area (Å²) in [7, 11) is 0. The summed E-state index contributed by atoms with van der Waals surface area (Å²) in [6, 6.07) is 0. The van der Waals surface area contributed by atoms with Gasteiger partial charge in [0.2, 0.25) is 0 Å². The molecule has 0 aliphatic rings. The molecule has 0 aromatic carbocycles. The molecule has 1 N–H and O–H groups in total. The fourth-order valence-corrected chi connectivity index (χ4v) is 5.00. The van der Waals surface area contributed by atoms with Crippen molar-refractivity contribution in [2.24, 2.45) is 0 Å². The van der Waals surface area contributed by atoms with Crippen LogP contribution in [-0.4, -0.2) is 30.9 Å².